The van der Waals surface area contributed by atoms with E-state index in [1.165, 1.54) is 0 Å². The minimum Gasteiger partial charge on any atom is -0.480 e. The summed E-state index contributed by atoms with van der Waals surface area (Å²) >= 11 is 0. The van der Waals surface area contributed by atoms with Gasteiger partial charge in [0.25, 0.3) is 0 Å². The van der Waals surface area contributed by atoms with E-state index in [2.05, 4.69) is 10.2 Å². The van der Waals surface area contributed by atoms with Crippen molar-refractivity contribution in [3.63, 3.8) is 0 Å². The molecule has 1 atom stereocenters. The van der Waals surface area contributed by atoms with Gasteiger partial charge in [-0.05, 0) is 31.5 Å². The van der Waals surface area contributed by atoms with Gasteiger partial charge in [0, 0.05) is 19.3 Å². The topological polar surface area (TPSA) is 52.6 Å². The molecule has 100 valence electrons. The zero-order valence-electron chi connectivity index (χ0n) is 11.1. The van der Waals surface area contributed by atoms with Crippen molar-refractivity contribution in [3.05, 3.63) is 30.3 Å². The molecule has 0 aliphatic rings. The van der Waals surface area contributed by atoms with Crippen molar-refractivity contribution in [1.82, 2.24) is 5.32 Å². The van der Waals surface area contributed by atoms with Crippen LogP contribution in [0.4, 0.5) is 5.69 Å². The standard InChI is InChI=1S/C14H22N2O2/c1-3-10-15-13(14(17)18)9-11-16(2)12-7-5-4-6-8-12/h4-8,13,15H,3,9-11H2,1-2H3,(H,17,18). The third-order valence-electron chi connectivity index (χ3n) is 2.89. The molecule has 0 aromatic heterocycles. The number of carboxylic acids is 1. The molecule has 4 nitrogen and oxygen atoms in total. The second kappa shape index (κ2) is 7.71. The number of nitrogens with one attached hydrogen (secondary N) is 1. The molecule has 1 rings (SSSR count). The molecule has 18 heavy (non-hydrogen) atoms. The molecule has 0 radical (unpaired) electrons. The number of carboxylic acid groups (broad SMARTS) is 1. The minimum absolute atomic E-state index is 0.462. The van der Waals surface area contributed by atoms with E-state index in [1.54, 1.807) is 0 Å². The van der Waals surface area contributed by atoms with Crippen molar-refractivity contribution in [3.8, 4) is 0 Å². The number of benzene rings is 1. The molecule has 4 heteroatoms. The number of para-hydroxylation sites is 1. The Labute approximate surface area is 109 Å². The van der Waals surface area contributed by atoms with Crippen LogP contribution >= 0.6 is 0 Å². The van der Waals surface area contributed by atoms with Gasteiger partial charge in [-0.2, -0.15) is 0 Å². The fourth-order valence-corrected chi connectivity index (χ4v) is 1.77. The smallest absolute Gasteiger partial charge is 0.320 e. The van der Waals surface area contributed by atoms with E-state index in [9.17, 15) is 4.79 Å². The molecule has 0 heterocycles. The van der Waals surface area contributed by atoms with Gasteiger partial charge in [0.2, 0.25) is 0 Å². The Morgan fingerprint density at radius 1 is 1.39 bits per heavy atom. The summed E-state index contributed by atoms with van der Waals surface area (Å²) in [7, 11) is 1.98. The maximum atomic E-state index is 11.1. The Hall–Kier alpha value is -1.55. The first-order chi connectivity index (χ1) is 8.65. The molecule has 0 saturated carbocycles. The Morgan fingerprint density at radius 3 is 2.61 bits per heavy atom. The van der Waals surface area contributed by atoms with E-state index >= 15 is 0 Å². The minimum atomic E-state index is -0.773. The van der Waals surface area contributed by atoms with Gasteiger partial charge in [0.1, 0.15) is 6.04 Å². The summed E-state index contributed by atoms with van der Waals surface area (Å²) in [6.07, 6.45) is 1.54. The normalized spacial score (nSPS) is 12.1. The molecular formula is C14H22N2O2. The van der Waals surface area contributed by atoms with Crippen molar-refractivity contribution < 1.29 is 9.90 Å². The van der Waals surface area contributed by atoms with E-state index < -0.39 is 12.0 Å². The Bertz CT molecular complexity index is 354. The van der Waals surface area contributed by atoms with Gasteiger partial charge in [0.05, 0.1) is 0 Å². The van der Waals surface area contributed by atoms with Crippen molar-refractivity contribution in [2.75, 3.05) is 25.0 Å². The summed E-state index contributed by atoms with van der Waals surface area (Å²) in [5.41, 5.74) is 1.11. The first-order valence-corrected chi connectivity index (χ1v) is 6.37. The van der Waals surface area contributed by atoms with Gasteiger partial charge in [0.15, 0.2) is 0 Å². The van der Waals surface area contributed by atoms with Gasteiger partial charge in [-0.25, -0.2) is 0 Å². The summed E-state index contributed by atoms with van der Waals surface area (Å²) in [5.74, 6) is -0.773. The monoisotopic (exact) mass is 250 g/mol. The summed E-state index contributed by atoms with van der Waals surface area (Å²) < 4.78 is 0. The maximum absolute atomic E-state index is 11.1. The van der Waals surface area contributed by atoms with Gasteiger partial charge < -0.3 is 15.3 Å². The van der Waals surface area contributed by atoms with Crippen LogP contribution in [0.3, 0.4) is 0 Å². The molecular weight excluding hydrogens is 228 g/mol. The average molecular weight is 250 g/mol. The number of hydrogen-bond donors (Lipinski definition) is 2. The fraction of sp³-hybridized carbons (Fsp3) is 0.500. The third-order valence-corrected chi connectivity index (χ3v) is 2.89. The van der Waals surface area contributed by atoms with E-state index in [1.807, 2.05) is 44.3 Å². The van der Waals surface area contributed by atoms with E-state index in [-0.39, 0.29) is 0 Å². The molecule has 0 bridgehead atoms. The molecule has 0 spiro atoms. The number of carbonyl (C=O) groups is 1. The summed E-state index contributed by atoms with van der Waals surface area (Å²) in [5, 5.41) is 12.2. The van der Waals surface area contributed by atoms with Crippen molar-refractivity contribution in [2.45, 2.75) is 25.8 Å². The van der Waals surface area contributed by atoms with Crippen LogP contribution in [0.15, 0.2) is 30.3 Å². The number of aliphatic carboxylic acids is 1. The van der Waals surface area contributed by atoms with E-state index in [0.29, 0.717) is 6.42 Å². The first kappa shape index (κ1) is 14.5. The summed E-state index contributed by atoms with van der Waals surface area (Å²) in [6.45, 7) is 3.49. The lowest BCUT2D eigenvalue weighted by atomic mass is 10.2. The van der Waals surface area contributed by atoms with Crippen LogP contribution in [-0.2, 0) is 4.79 Å². The molecule has 1 aromatic carbocycles. The molecule has 0 saturated heterocycles. The van der Waals surface area contributed by atoms with Crippen molar-refractivity contribution >= 4 is 11.7 Å². The van der Waals surface area contributed by atoms with Crippen LogP contribution in [0, 0.1) is 0 Å². The van der Waals surface area contributed by atoms with Crippen LogP contribution in [0.5, 0.6) is 0 Å². The lowest BCUT2D eigenvalue weighted by Crippen LogP contribution is -2.39. The van der Waals surface area contributed by atoms with E-state index in [0.717, 1.165) is 25.2 Å². The summed E-state index contributed by atoms with van der Waals surface area (Å²) in [6, 6.07) is 9.52. The Morgan fingerprint density at radius 2 is 2.06 bits per heavy atom. The molecule has 0 aliphatic carbocycles. The second-order valence-electron chi connectivity index (χ2n) is 4.39. The molecule has 0 aliphatic heterocycles. The number of rotatable bonds is 8. The molecule has 0 fully saturated rings. The SMILES string of the molecule is CCCNC(CCN(C)c1ccccc1)C(=O)O. The van der Waals surface area contributed by atoms with Crippen LogP contribution in [0.25, 0.3) is 0 Å². The van der Waals surface area contributed by atoms with Crippen molar-refractivity contribution in [2.24, 2.45) is 0 Å². The zero-order valence-corrected chi connectivity index (χ0v) is 11.1. The Kier molecular flexibility index (Phi) is 6.22. The predicted octanol–water partition coefficient (Wildman–Crippen LogP) is 1.97. The number of anilines is 1. The largest absolute Gasteiger partial charge is 0.480 e. The van der Waals surface area contributed by atoms with Crippen LogP contribution in [-0.4, -0.2) is 37.3 Å². The highest BCUT2D eigenvalue weighted by Gasteiger charge is 2.16. The average Bonchev–Trinajstić information content (AvgIpc) is 2.39. The highest BCUT2D eigenvalue weighted by Crippen LogP contribution is 2.11. The molecule has 0 amide bonds. The molecule has 1 aromatic rings. The number of nitrogens with zero attached hydrogens (tertiary/aromatic N) is 1. The molecule has 1 unspecified atom stereocenters. The van der Waals surface area contributed by atoms with Gasteiger partial charge in [-0.15, -0.1) is 0 Å². The molecule has 2 N–H and O–H groups in total. The van der Waals surface area contributed by atoms with Gasteiger partial charge >= 0.3 is 5.97 Å². The van der Waals surface area contributed by atoms with Crippen LogP contribution < -0.4 is 10.2 Å². The first-order valence-electron chi connectivity index (χ1n) is 6.37. The zero-order chi connectivity index (χ0) is 13.4. The van der Waals surface area contributed by atoms with Gasteiger partial charge in [-0.1, -0.05) is 25.1 Å². The van der Waals surface area contributed by atoms with Gasteiger partial charge in [-0.3, -0.25) is 4.79 Å². The van der Waals surface area contributed by atoms with Crippen molar-refractivity contribution in [1.29, 1.82) is 0 Å². The Balaban J connectivity index is 2.44. The van der Waals surface area contributed by atoms with E-state index in [4.69, 9.17) is 5.11 Å². The predicted molar refractivity (Wildman–Crippen MR) is 74.0 cm³/mol. The third kappa shape index (κ3) is 4.75. The maximum Gasteiger partial charge on any atom is 0.320 e. The fourth-order valence-electron chi connectivity index (χ4n) is 1.77. The number of hydrogen-bond acceptors (Lipinski definition) is 3. The lowest BCUT2D eigenvalue weighted by molar-refractivity contribution is -0.139. The second-order valence-corrected chi connectivity index (χ2v) is 4.39. The lowest BCUT2D eigenvalue weighted by Gasteiger charge is -2.22. The quantitative estimate of drug-likeness (QED) is 0.740. The highest BCUT2D eigenvalue weighted by atomic mass is 16.4. The summed E-state index contributed by atoms with van der Waals surface area (Å²) in [4.78, 5) is 13.1. The highest BCUT2D eigenvalue weighted by molar-refractivity contribution is 5.73. The van der Waals surface area contributed by atoms with Crippen LogP contribution in [0.1, 0.15) is 19.8 Å². The van der Waals surface area contributed by atoms with Crippen LogP contribution in [0.2, 0.25) is 0 Å².